The first kappa shape index (κ1) is 22.2. The quantitative estimate of drug-likeness (QED) is 0.333. The van der Waals surface area contributed by atoms with Crippen molar-refractivity contribution in [3.8, 4) is 22.4 Å². The Morgan fingerprint density at radius 3 is 2.68 bits per heavy atom. The van der Waals surface area contributed by atoms with E-state index in [9.17, 15) is 13.6 Å². The Balaban J connectivity index is 1.69. The summed E-state index contributed by atoms with van der Waals surface area (Å²) in [5.74, 6) is -0.830. The lowest BCUT2D eigenvalue weighted by atomic mass is 9.93. The van der Waals surface area contributed by atoms with Crippen molar-refractivity contribution in [3.05, 3.63) is 89.0 Å². The molecule has 0 spiro atoms. The van der Waals surface area contributed by atoms with E-state index in [4.69, 9.17) is 4.98 Å². The van der Waals surface area contributed by atoms with Gasteiger partial charge in [-0.25, -0.2) is 13.8 Å². The van der Waals surface area contributed by atoms with Gasteiger partial charge in [0.1, 0.15) is 11.6 Å². The molecule has 1 aromatic heterocycles. The predicted molar refractivity (Wildman–Crippen MR) is 132 cm³/mol. The molecular formula is C29H26F2N2O. The van der Waals surface area contributed by atoms with E-state index in [-0.39, 0.29) is 17.5 Å². The fourth-order valence-corrected chi connectivity index (χ4v) is 4.82. The summed E-state index contributed by atoms with van der Waals surface area (Å²) in [7, 11) is 0. The number of unbranched alkanes of at least 4 members (excludes halogenated alkanes) is 1. The van der Waals surface area contributed by atoms with Crippen LogP contribution < -0.4 is 5.32 Å². The fourth-order valence-electron chi connectivity index (χ4n) is 4.82. The van der Waals surface area contributed by atoms with Gasteiger partial charge in [0.15, 0.2) is 0 Å². The lowest BCUT2D eigenvalue weighted by molar-refractivity contribution is 0.0954. The molecule has 0 atom stereocenters. The summed E-state index contributed by atoms with van der Waals surface area (Å²) in [6.07, 6.45) is 4.12. The van der Waals surface area contributed by atoms with Gasteiger partial charge in [0.2, 0.25) is 0 Å². The maximum Gasteiger partial charge on any atom is 0.252 e. The summed E-state index contributed by atoms with van der Waals surface area (Å²) in [6, 6.07) is 17.1. The smallest absolute Gasteiger partial charge is 0.252 e. The third kappa shape index (κ3) is 4.07. The van der Waals surface area contributed by atoms with Crippen molar-refractivity contribution in [2.45, 2.75) is 39.0 Å². The highest BCUT2D eigenvalue weighted by atomic mass is 19.1. The average molecular weight is 457 g/mol. The van der Waals surface area contributed by atoms with E-state index in [1.165, 1.54) is 18.2 Å². The van der Waals surface area contributed by atoms with Gasteiger partial charge in [-0.3, -0.25) is 4.79 Å². The van der Waals surface area contributed by atoms with Crippen molar-refractivity contribution in [3.63, 3.8) is 0 Å². The number of nitrogens with one attached hydrogen (secondary N) is 1. The van der Waals surface area contributed by atoms with Crippen molar-refractivity contribution in [1.82, 2.24) is 10.3 Å². The van der Waals surface area contributed by atoms with Crippen molar-refractivity contribution >= 4 is 16.8 Å². The summed E-state index contributed by atoms with van der Waals surface area (Å²) in [6.45, 7) is 2.65. The number of hydrogen-bond acceptors (Lipinski definition) is 2. The van der Waals surface area contributed by atoms with Crippen molar-refractivity contribution in [2.24, 2.45) is 0 Å². The van der Waals surface area contributed by atoms with Crippen LogP contribution in [0.3, 0.4) is 0 Å². The highest BCUT2D eigenvalue weighted by molar-refractivity contribution is 6.09. The molecule has 172 valence electrons. The van der Waals surface area contributed by atoms with Crippen molar-refractivity contribution in [2.75, 3.05) is 6.54 Å². The molecule has 5 rings (SSSR count). The number of fused-ring (bicyclic) bond motifs is 4. The number of rotatable bonds is 5. The lowest BCUT2D eigenvalue weighted by Gasteiger charge is -2.17. The molecule has 0 aliphatic heterocycles. The van der Waals surface area contributed by atoms with Crippen LogP contribution in [0.5, 0.6) is 0 Å². The Kier molecular flexibility index (Phi) is 6.10. The molecule has 1 aliphatic rings. The third-order valence-electron chi connectivity index (χ3n) is 6.51. The second-order valence-electron chi connectivity index (χ2n) is 8.79. The zero-order valence-corrected chi connectivity index (χ0v) is 19.1. The van der Waals surface area contributed by atoms with Crippen molar-refractivity contribution in [1.29, 1.82) is 0 Å². The number of aryl methyl sites for hydroxylation is 1. The first-order chi connectivity index (χ1) is 16.6. The van der Waals surface area contributed by atoms with Crippen LogP contribution in [0, 0.1) is 11.6 Å². The molecule has 3 aromatic carbocycles. The Morgan fingerprint density at radius 2 is 1.85 bits per heavy atom. The van der Waals surface area contributed by atoms with Crippen LogP contribution in [-0.4, -0.2) is 17.4 Å². The van der Waals surface area contributed by atoms with E-state index in [1.54, 1.807) is 18.2 Å². The molecule has 3 nitrogen and oxygen atoms in total. The van der Waals surface area contributed by atoms with Gasteiger partial charge in [-0.2, -0.15) is 0 Å². The molecule has 34 heavy (non-hydrogen) atoms. The van der Waals surface area contributed by atoms with E-state index < -0.39 is 0 Å². The topological polar surface area (TPSA) is 42.0 Å². The summed E-state index contributed by atoms with van der Waals surface area (Å²) in [5, 5.41) is 3.55. The maximum absolute atomic E-state index is 14.4. The fraction of sp³-hybridized carbons (Fsp3) is 0.241. The second-order valence-corrected chi connectivity index (χ2v) is 8.79. The molecule has 1 amide bonds. The number of halogens is 2. The highest BCUT2D eigenvalue weighted by Gasteiger charge is 2.25. The number of pyridine rings is 1. The highest BCUT2D eigenvalue weighted by Crippen LogP contribution is 2.38. The van der Waals surface area contributed by atoms with Gasteiger partial charge in [0.25, 0.3) is 5.91 Å². The molecule has 0 fully saturated rings. The minimum Gasteiger partial charge on any atom is -0.352 e. The van der Waals surface area contributed by atoms with E-state index in [2.05, 4.69) is 12.2 Å². The van der Waals surface area contributed by atoms with E-state index in [1.807, 2.05) is 24.3 Å². The van der Waals surface area contributed by atoms with Gasteiger partial charge >= 0.3 is 0 Å². The van der Waals surface area contributed by atoms with Crippen LogP contribution in [-0.2, 0) is 12.8 Å². The van der Waals surface area contributed by atoms with E-state index in [0.29, 0.717) is 35.0 Å². The van der Waals surface area contributed by atoms with E-state index >= 15 is 0 Å². The minimum atomic E-state index is -0.389. The molecule has 0 radical (unpaired) electrons. The molecule has 1 heterocycles. The average Bonchev–Trinajstić information content (AvgIpc) is 3.01. The maximum atomic E-state index is 14.4. The van der Waals surface area contributed by atoms with Crippen molar-refractivity contribution < 1.29 is 13.6 Å². The molecule has 1 aliphatic carbocycles. The van der Waals surface area contributed by atoms with Gasteiger partial charge in [-0.1, -0.05) is 49.7 Å². The summed E-state index contributed by atoms with van der Waals surface area (Å²) < 4.78 is 28.6. The molecule has 1 N–H and O–H groups in total. The Hall–Kier alpha value is -3.60. The third-order valence-corrected chi connectivity index (χ3v) is 6.51. The van der Waals surface area contributed by atoms with Gasteiger partial charge in [0, 0.05) is 23.1 Å². The number of amides is 1. The molecule has 0 bridgehead atoms. The Bertz CT molecular complexity index is 1400. The standard InChI is InChI=1S/C29H26F2N2O/c1-2-3-15-32-29(34)27-23-9-6-7-18-16-19(21-8-4-5-10-25(21)31)11-13-22(18)28(23)33-26-14-12-20(30)17-24(26)27/h4-5,8,10-14,16-17H,2-3,6-7,9,15H2,1H3,(H,32,34). The van der Waals surface area contributed by atoms with Crippen LogP contribution >= 0.6 is 0 Å². The molecule has 0 saturated carbocycles. The first-order valence-electron chi connectivity index (χ1n) is 11.9. The molecule has 0 unspecified atom stereocenters. The van der Waals surface area contributed by atoms with Crippen LogP contribution in [0.1, 0.15) is 47.7 Å². The van der Waals surface area contributed by atoms with Crippen LogP contribution in [0.4, 0.5) is 8.78 Å². The lowest BCUT2D eigenvalue weighted by Crippen LogP contribution is -2.26. The normalized spacial score (nSPS) is 12.7. The Morgan fingerprint density at radius 1 is 1.00 bits per heavy atom. The zero-order valence-electron chi connectivity index (χ0n) is 19.1. The van der Waals surface area contributed by atoms with Crippen LogP contribution in [0.25, 0.3) is 33.3 Å². The number of carbonyl (C=O) groups excluding carboxylic acids is 1. The van der Waals surface area contributed by atoms with E-state index in [0.717, 1.165) is 53.6 Å². The molecule has 5 heteroatoms. The number of benzene rings is 3. The monoisotopic (exact) mass is 456 g/mol. The second kappa shape index (κ2) is 9.34. The number of carbonyl (C=O) groups is 1. The number of nitrogens with zero attached hydrogens (tertiary/aromatic N) is 1. The number of aromatic nitrogens is 1. The molecule has 0 saturated heterocycles. The minimum absolute atomic E-state index is 0.186. The van der Waals surface area contributed by atoms with Gasteiger partial charge in [-0.15, -0.1) is 0 Å². The molecule has 4 aromatic rings. The summed E-state index contributed by atoms with van der Waals surface area (Å²) >= 11 is 0. The SMILES string of the molecule is CCCCNC(=O)c1c2c(nc3ccc(F)cc13)-c1ccc(-c3ccccc3F)cc1CCC2. The predicted octanol–water partition coefficient (Wildman–Crippen LogP) is 6.87. The summed E-state index contributed by atoms with van der Waals surface area (Å²) in [4.78, 5) is 18.2. The van der Waals surface area contributed by atoms with Crippen LogP contribution in [0.15, 0.2) is 60.7 Å². The first-order valence-corrected chi connectivity index (χ1v) is 11.9. The Labute approximate surface area is 197 Å². The molecular weight excluding hydrogens is 430 g/mol. The van der Waals surface area contributed by atoms with Gasteiger partial charge in [-0.05, 0) is 66.6 Å². The van der Waals surface area contributed by atoms with Gasteiger partial charge < -0.3 is 5.32 Å². The largest absolute Gasteiger partial charge is 0.352 e. The van der Waals surface area contributed by atoms with Crippen LogP contribution in [0.2, 0.25) is 0 Å². The zero-order chi connectivity index (χ0) is 23.7. The number of hydrogen-bond donors (Lipinski definition) is 1. The van der Waals surface area contributed by atoms with Gasteiger partial charge in [0.05, 0.1) is 16.8 Å². The summed E-state index contributed by atoms with van der Waals surface area (Å²) in [5.41, 5.74) is 6.12.